The molecule has 1 N–H and O–H groups in total. The molecule has 3 rings (SSSR count). The molecule has 0 aromatic heterocycles. The summed E-state index contributed by atoms with van der Waals surface area (Å²) in [6.45, 7) is 10.2. The van der Waals surface area contributed by atoms with Crippen LogP contribution in [-0.4, -0.2) is 97.0 Å². The molecule has 0 radical (unpaired) electrons. The van der Waals surface area contributed by atoms with Crippen molar-refractivity contribution in [1.29, 1.82) is 0 Å². The van der Waals surface area contributed by atoms with Crippen LogP contribution in [0.15, 0.2) is 4.99 Å². The first-order valence-corrected chi connectivity index (χ1v) is 11.3. The SMILES string of the molecule is CCC1CN(C(=NC)NCCN2CCN(C(=O)C3CCC3)CC2)CCS1.I. The van der Waals surface area contributed by atoms with Gasteiger partial charge in [-0.05, 0) is 19.3 Å². The topological polar surface area (TPSA) is 51.2 Å². The van der Waals surface area contributed by atoms with Gasteiger partial charge in [-0.2, -0.15) is 11.8 Å². The van der Waals surface area contributed by atoms with Crippen LogP contribution in [0.1, 0.15) is 32.6 Å². The fraction of sp³-hybridized carbons (Fsp3) is 0.895. The summed E-state index contributed by atoms with van der Waals surface area (Å²) in [4.78, 5) is 23.8. The van der Waals surface area contributed by atoms with Crippen molar-refractivity contribution in [1.82, 2.24) is 20.0 Å². The van der Waals surface area contributed by atoms with Crippen LogP contribution in [0.5, 0.6) is 0 Å². The lowest BCUT2D eigenvalue weighted by Crippen LogP contribution is -2.53. The average molecular weight is 510 g/mol. The number of guanidine groups is 1. The Morgan fingerprint density at radius 3 is 2.48 bits per heavy atom. The normalized spacial score (nSPS) is 25.0. The molecule has 1 saturated carbocycles. The summed E-state index contributed by atoms with van der Waals surface area (Å²) in [6.07, 6.45) is 4.67. The standard InChI is InChI=1S/C19H35N5OS.HI/c1-3-17-15-24(13-14-26-17)19(20-2)21-7-8-22-9-11-23(12-10-22)18(25)16-5-4-6-16;/h16-17H,3-15H2,1-2H3,(H,20,21);1H. The van der Waals surface area contributed by atoms with Gasteiger partial charge in [0.1, 0.15) is 0 Å². The molecule has 0 aromatic rings. The minimum atomic E-state index is 0. The number of thioether (sulfide) groups is 1. The van der Waals surface area contributed by atoms with E-state index in [4.69, 9.17) is 0 Å². The summed E-state index contributed by atoms with van der Waals surface area (Å²) in [5, 5.41) is 4.27. The lowest BCUT2D eigenvalue weighted by atomic mass is 9.84. The molecule has 0 bridgehead atoms. The number of nitrogens with one attached hydrogen (secondary N) is 1. The van der Waals surface area contributed by atoms with Gasteiger partial charge in [-0.25, -0.2) is 0 Å². The Bertz CT molecular complexity index is 494. The molecular weight excluding hydrogens is 473 g/mol. The summed E-state index contributed by atoms with van der Waals surface area (Å²) in [5.74, 6) is 2.97. The molecule has 0 aromatic carbocycles. The first-order chi connectivity index (χ1) is 12.7. The van der Waals surface area contributed by atoms with E-state index in [2.05, 4.69) is 43.7 Å². The molecule has 2 aliphatic heterocycles. The molecule has 3 fully saturated rings. The van der Waals surface area contributed by atoms with E-state index in [1.165, 1.54) is 18.6 Å². The molecule has 6 nitrogen and oxygen atoms in total. The van der Waals surface area contributed by atoms with Gasteiger partial charge >= 0.3 is 0 Å². The molecule has 156 valence electrons. The maximum Gasteiger partial charge on any atom is 0.225 e. The maximum atomic E-state index is 12.3. The van der Waals surface area contributed by atoms with Crippen LogP contribution < -0.4 is 5.32 Å². The third-order valence-corrected chi connectivity index (χ3v) is 7.33. The van der Waals surface area contributed by atoms with Crippen LogP contribution >= 0.6 is 35.7 Å². The van der Waals surface area contributed by atoms with Crippen molar-refractivity contribution in [3.8, 4) is 0 Å². The van der Waals surface area contributed by atoms with Crippen LogP contribution in [0, 0.1) is 5.92 Å². The van der Waals surface area contributed by atoms with E-state index in [1.54, 1.807) is 0 Å². The fourth-order valence-electron chi connectivity index (χ4n) is 3.92. The number of hydrogen-bond acceptors (Lipinski definition) is 4. The van der Waals surface area contributed by atoms with Crippen LogP contribution in [0.4, 0.5) is 0 Å². The molecular formula is C19H36IN5OS. The van der Waals surface area contributed by atoms with Crippen LogP contribution in [0.25, 0.3) is 0 Å². The highest BCUT2D eigenvalue weighted by Crippen LogP contribution is 2.28. The van der Waals surface area contributed by atoms with E-state index in [9.17, 15) is 4.79 Å². The van der Waals surface area contributed by atoms with E-state index >= 15 is 0 Å². The van der Waals surface area contributed by atoms with Gasteiger partial charge in [0.25, 0.3) is 0 Å². The zero-order chi connectivity index (χ0) is 18.4. The maximum absolute atomic E-state index is 12.3. The van der Waals surface area contributed by atoms with Crippen LogP contribution in [0.3, 0.4) is 0 Å². The Labute approximate surface area is 185 Å². The van der Waals surface area contributed by atoms with Gasteiger partial charge in [-0.3, -0.25) is 14.7 Å². The molecule has 27 heavy (non-hydrogen) atoms. The molecule has 1 aliphatic carbocycles. The zero-order valence-electron chi connectivity index (χ0n) is 16.9. The molecule has 1 amide bonds. The summed E-state index contributed by atoms with van der Waals surface area (Å²) >= 11 is 2.09. The van der Waals surface area contributed by atoms with Crippen LogP contribution in [0.2, 0.25) is 0 Å². The molecule has 8 heteroatoms. The minimum Gasteiger partial charge on any atom is -0.355 e. The van der Waals surface area contributed by atoms with Crippen molar-refractivity contribution >= 4 is 47.6 Å². The van der Waals surface area contributed by atoms with Gasteiger partial charge < -0.3 is 15.1 Å². The number of carbonyl (C=O) groups is 1. The number of carbonyl (C=O) groups excluding carboxylic acids is 1. The van der Waals surface area contributed by atoms with E-state index in [1.807, 2.05) is 7.05 Å². The highest BCUT2D eigenvalue weighted by Gasteiger charge is 2.31. The molecule has 1 atom stereocenters. The summed E-state index contributed by atoms with van der Waals surface area (Å²) < 4.78 is 0. The Morgan fingerprint density at radius 2 is 1.89 bits per heavy atom. The van der Waals surface area contributed by atoms with Crippen molar-refractivity contribution in [3.05, 3.63) is 0 Å². The van der Waals surface area contributed by atoms with Gasteiger partial charge in [0, 0.05) is 76.3 Å². The average Bonchev–Trinajstić information content (AvgIpc) is 2.64. The van der Waals surface area contributed by atoms with Gasteiger partial charge in [0.15, 0.2) is 5.96 Å². The van der Waals surface area contributed by atoms with Crippen molar-refractivity contribution in [2.24, 2.45) is 10.9 Å². The Morgan fingerprint density at radius 1 is 1.15 bits per heavy atom. The lowest BCUT2D eigenvalue weighted by Gasteiger charge is -2.38. The molecule has 3 aliphatic rings. The van der Waals surface area contributed by atoms with E-state index in [0.29, 0.717) is 11.8 Å². The highest BCUT2D eigenvalue weighted by atomic mass is 127. The van der Waals surface area contributed by atoms with Crippen LogP contribution in [-0.2, 0) is 4.79 Å². The van der Waals surface area contributed by atoms with Gasteiger partial charge in [-0.15, -0.1) is 24.0 Å². The molecule has 0 spiro atoms. The first kappa shape index (κ1) is 23.1. The smallest absolute Gasteiger partial charge is 0.225 e. The molecule has 2 heterocycles. The van der Waals surface area contributed by atoms with Gasteiger partial charge in [0.2, 0.25) is 5.91 Å². The molecule has 2 saturated heterocycles. The summed E-state index contributed by atoms with van der Waals surface area (Å²) in [6, 6.07) is 0. The number of halogens is 1. The highest BCUT2D eigenvalue weighted by molar-refractivity contribution is 14.0. The minimum absolute atomic E-state index is 0. The number of aliphatic imine (C=N–C) groups is 1. The Balaban J connectivity index is 0.00000261. The zero-order valence-corrected chi connectivity index (χ0v) is 20.0. The van der Waals surface area contributed by atoms with Crippen molar-refractivity contribution < 1.29 is 4.79 Å². The quantitative estimate of drug-likeness (QED) is 0.349. The number of hydrogen-bond donors (Lipinski definition) is 1. The Hall–Kier alpha value is -0.220. The second kappa shape index (κ2) is 11.7. The monoisotopic (exact) mass is 509 g/mol. The predicted octanol–water partition coefficient (Wildman–Crippen LogP) is 1.95. The molecule has 1 unspecified atom stereocenters. The third-order valence-electron chi connectivity index (χ3n) is 5.95. The summed E-state index contributed by atoms with van der Waals surface area (Å²) in [7, 11) is 1.88. The number of amides is 1. The van der Waals surface area contributed by atoms with E-state index < -0.39 is 0 Å². The largest absolute Gasteiger partial charge is 0.355 e. The van der Waals surface area contributed by atoms with E-state index in [0.717, 1.165) is 76.4 Å². The van der Waals surface area contributed by atoms with E-state index in [-0.39, 0.29) is 24.0 Å². The second-order valence-corrected chi connectivity index (χ2v) is 9.02. The van der Waals surface area contributed by atoms with Crippen molar-refractivity contribution in [2.75, 3.05) is 65.2 Å². The number of rotatable bonds is 5. The fourth-order valence-corrected chi connectivity index (χ4v) is 5.10. The lowest BCUT2D eigenvalue weighted by molar-refractivity contribution is -0.139. The Kier molecular flexibility index (Phi) is 10.00. The van der Waals surface area contributed by atoms with Gasteiger partial charge in [-0.1, -0.05) is 13.3 Å². The van der Waals surface area contributed by atoms with Crippen molar-refractivity contribution in [3.63, 3.8) is 0 Å². The second-order valence-electron chi connectivity index (χ2n) is 7.62. The summed E-state index contributed by atoms with van der Waals surface area (Å²) in [5.41, 5.74) is 0. The predicted molar refractivity (Wildman–Crippen MR) is 125 cm³/mol. The van der Waals surface area contributed by atoms with Gasteiger partial charge in [0.05, 0.1) is 0 Å². The third kappa shape index (κ3) is 6.39. The number of nitrogens with zero attached hydrogens (tertiary/aromatic N) is 4. The van der Waals surface area contributed by atoms with Crippen molar-refractivity contribution in [2.45, 2.75) is 37.9 Å². The first-order valence-electron chi connectivity index (χ1n) is 10.3. The number of piperazine rings is 1.